The first kappa shape index (κ1) is 36.3. The normalized spacial score (nSPS) is 13.0. The first-order valence-electron chi connectivity index (χ1n) is 15.0. The molecule has 0 atom stereocenters. The van der Waals surface area contributed by atoms with Crippen LogP contribution in [0.15, 0.2) is 55.3 Å². The molecule has 1 aliphatic carbocycles. The maximum Gasteiger partial charge on any atom is 0.142 e. The minimum absolute atomic E-state index is 0.373. The van der Waals surface area contributed by atoms with E-state index in [0.717, 1.165) is 75.1 Å². The van der Waals surface area contributed by atoms with Crippen LogP contribution in [0.4, 0.5) is 0 Å². The average Bonchev–Trinajstić information content (AvgIpc) is 2.94. The number of aromatic hydroxyl groups is 1. The van der Waals surface area contributed by atoms with Crippen LogP contribution in [0.3, 0.4) is 0 Å². The highest BCUT2D eigenvalue weighted by molar-refractivity contribution is 5.65. The first-order chi connectivity index (χ1) is 18.9. The standard InChI is InChI=1S/C14H22N2O.C13H21NO.C7H14/c1-16-10-3-2-5-12-7-8-13(6-4-9-15)14(17)11-12;1-4-5-6-7-8-11-14(3)13(2)10-9-12-15;1-7-5-3-2-4-6-7/h7-9,11,15-17H,2-6,10H2,1H3;4,9-10,12H,1-2,5-8,11H2,3H3;7H,2-6H2,1H3/b;10-9-;. The Morgan fingerprint density at radius 3 is 2.41 bits per heavy atom. The second kappa shape index (κ2) is 25.6. The molecule has 0 unspecified atom stereocenters. The lowest BCUT2D eigenvalue weighted by Gasteiger charge is -2.18. The number of nitrogens with one attached hydrogen (secondary N) is 2. The van der Waals surface area contributed by atoms with Crippen LogP contribution in [0.2, 0.25) is 0 Å². The van der Waals surface area contributed by atoms with Crippen LogP contribution in [0, 0.1) is 11.3 Å². The Balaban J connectivity index is 0.000000598. The van der Waals surface area contributed by atoms with E-state index in [1.165, 1.54) is 62.8 Å². The molecule has 2 rings (SSSR count). The molecule has 3 N–H and O–H groups in total. The van der Waals surface area contributed by atoms with Gasteiger partial charge < -0.3 is 20.7 Å². The number of carbonyl (C=O) groups excluding carboxylic acids is 1. The van der Waals surface area contributed by atoms with E-state index in [2.05, 4.69) is 36.4 Å². The zero-order valence-corrected chi connectivity index (χ0v) is 25.2. The lowest BCUT2D eigenvalue weighted by Crippen LogP contribution is -2.17. The third kappa shape index (κ3) is 20.9. The molecule has 1 saturated carbocycles. The highest BCUT2D eigenvalue weighted by atomic mass is 16.3. The minimum Gasteiger partial charge on any atom is -0.508 e. The summed E-state index contributed by atoms with van der Waals surface area (Å²) in [5, 5.41) is 19.9. The highest BCUT2D eigenvalue weighted by Gasteiger charge is 2.06. The van der Waals surface area contributed by atoms with Crippen molar-refractivity contribution in [2.45, 2.75) is 96.8 Å². The number of allylic oxidation sites excluding steroid dienone is 3. The SMILES string of the molecule is C=CCCCCCN(C)C(=C)/C=C\C=O.CC1CCCCC1.CNCCCCc1ccc(CCC=N)c(O)c1. The number of phenols is 1. The Bertz CT molecular complexity index is 813. The topological polar surface area (TPSA) is 76.4 Å². The zero-order valence-electron chi connectivity index (χ0n) is 25.2. The molecule has 0 radical (unpaired) electrons. The fraction of sp³-hybridized carbons (Fsp3) is 0.588. The van der Waals surface area contributed by atoms with Crippen molar-refractivity contribution in [3.63, 3.8) is 0 Å². The molecule has 0 saturated heterocycles. The van der Waals surface area contributed by atoms with Gasteiger partial charge in [0.15, 0.2) is 0 Å². The minimum atomic E-state index is 0.373. The second-order valence-corrected chi connectivity index (χ2v) is 10.6. The van der Waals surface area contributed by atoms with Crippen LogP contribution in [0.25, 0.3) is 0 Å². The smallest absolute Gasteiger partial charge is 0.142 e. The van der Waals surface area contributed by atoms with Crippen LogP contribution in [-0.2, 0) is 17.6 Å². The van der Waals surface area contributed by atoms with E-state index in [0.29, 0.717) is 12.2 Å². The van der Waals surface area contributed by atoms with Crippen LogP contribution in [0.1, 0.15) is 95.1 Å². The summed E-state index contributed by atoms with van der Waals surface area (Å²) in [5.41, 5.74) is 3.01. The quantitative estimate of drug-likeness (QED) is 0.0467. The van der Waals surface area contributed by atoms with Gasteiger partial charge in [-0.3, -0.25) is 4.79 Å². The van der Waals surface area contributed by atoms with Crippen molar-refractivity contribution >= 4 is 12.5 Å². The number of carbonyl (C=O) groups is 1. The molecule has 1 fully saturated rings. The summed E-state index contributed by atoms with van der Waals surface area (Å²) in [7, 11) is 3.95. The molecule has 220 valence electrons. The van der Waals surface area contributed by atoms with Gasteiger partial charge in [0.2, 0.25) is 0 Å². The maximum atomic E-state index is 10.1. The Labute approximate surface area is 240 Å². The van der Waals surface area contributed by atoms with Crippen molar-refractivity contribution in [2.24, 2.45) is 5.92 Å². The van der Waals surface area contributed by atoms with Crippen LogP contribution >= 0.6 is 0 Å². The molecule has 39 heavy (non-hydrogen) atoms. The summed E-state index contributed by atoms with van der Waals surface area (Å²) < 4.78 is 0. The van der Waals surface area contributed by atoms with Crippen molar-refractivity contribution in [3.05, 3.63) is 66.4 Å². The molecule has 1 aromatic rings. The molecule has 0 spiro atoms. The Hall–Kier alpha value is -2.66. The van der Waals surface area contributed by atoms with Gasteiger partial charge in [-0.1, -0.05) is 70.2 Å². The molecule has 1 aliphatic rings. The van der Waals surface area contributed by atoms with Crippen LogP contribution < -0.4 is 5.32 Å². The lowest BCUT2D eigenvalue weighted by molar-refractivity contribution is -0.104. The monoisotopic (exact) mass is 539 g/mol. The Kier molecular flexibility index (Phi) is 23.9. The van der Waals surface area contributed by atoms with Crippen molar-refractivity contribution in [1.29, 1.82) is 5.41 Å². The summed E-state index contributed by atoms with van der Waals surface area (Å²) in [6, 6.07) is 5.92. The van der Waals surface area contributed by atoms with Gasteiger partial charge >= 0.3 is 0 Å². The number of hydrogen-bond donors (Lipinski definition) is 3. The van der Waals surface area contributed by atoms with Gasteiger partial charge in [0.25, 0.3) is 0 Å². The second-order valence-electron chi connectivity index (χ2n) is 10.6. The average molecular weight is 540 g/mol. The molecule has 5 nitrogen and oxygen atoms in total. The molecule has 0 amide bonds. The van der Waals surface area contributed by atoms with Gasteiger partial charge in [-0.05, 0) is 106 Å². The fourth-order valence-electron chi connectivity index (χ4n) is 4.38. The van der Waals surface area contributed by atoms with Crippen LogP contribution in [0.5, 0.6) is 5.75 Å². The predicted octanol–water partition coefficient (Wildman–Crippen LogP) is 8.04. The highest BCUT2D eigenvalue weighted by Crippen LogP contribution is 2.22. The molecule has 5 heteroatoms. The van der Waals surface area contributed by atoms with Crippen molar-refractivity contribution in [1.82, 2.24) is 10.2 Å². The Morgan fingerprint density at radius 2 is 1.85 bits per heavy atom. The summed E-state index contributed by atoms with van der Waals surface area (Å²) >= 11 is 0. The molecule has 0 aromatic heterocycles. The number of phenolic OH excluding ortho intramolecular Hbond substituents is 1. The largest absolute Gasteiger partial charge is 0.508 e. The number of aryl methyl sites for hydroxylation is 2. The van der Waals surface area contributed by atoms with E-state index in [-0.39, 0.29) is 0 Å². The van der Waals surface area contributed by atoms with E-state index >= 15 is 0 Å². The summed E-state index contributed by atoms with van der Waals surface area (Å²) in [6.07, 6.45) is 24.1. The van der Waals surface area contributed by atoms with E-state index < -0.39 is 0 Å². The summed E-state index contributed by atoms with van der Waals surface area (Å²) in [6.45, 7) is 12.0. The molecule has 0 bridgehead atoms. The molecule has 1 aromatic carbocycles. The lowest BCUT2D eigenvalue weighted by atomic mass is 9.91. The first-order valence-corrected chi connectivity index (χ1v) is 15.0. The van der Waals surface area contributed by atoms with E-state index in [1.807, 2.05) is 32.3 Å². The van der Waals surface area contributed by atoms with Crippen molar-refractivity contribution in [2.75, 3.05) is 27.2 Å². The molecule has 0 aliphatic heterocycles. The van der Waals surface area contributed by atoms with Crippen molar-refractivity contribution in [3.8, 4) is 5.75 Å². The Morgan fingerprint density at radius 1 is 1.10 bits per heavy atom. The van der Waals surface area contributed by atoms with E-state index in [1.54, 1.807) is 6.08 Å². The number of rotatable bonds is 17. The number of nitrogens with zero attached hydrogens (tertiary/aromatic N) is 1. The number of hydrogen-bond acceptors (Lipinski definition) is 5. The third-order valence-corrected chi connectivity index (χ3v) is 7.00. The molecular weight excluding hydrogens is 482 g/mol. The van der Waals surface area contributed by atoms with Gasteiger partial charge in [-0.25, -0.2) is 0 Å². The van der Waals surface area contributed by atoms with Crippen molar-refractivity contribution < 1.29 is 9.90 Å². The molecular formula is C34H57N3O2. The number of benzene rings is 1. The summed E-state index contributed by atoms with van der Waals surface area (Å²) in [5.74, 6) is 1.41. The predicted molar refractivity (Wildman–Crippen MR) is 170 cm³/mol. The van der Waals surface area contributed by atoms with Gasteiger partial charge in [-0.2, -0.15) is 0 Å². The van der Waals surface area contributed by atoms with Gasteiger partial charge in [0.05, 0.1) is 0 Å². The fourth-order valence-corrected chi connectivity index (χ4v) is 4.38. The van der Waals surface area contributed by atoms with Gasteiger partial charge in [0.1, 0.15) is 12.0 Å². The van der Waals surface area contributed by atoms with Gasteiger partial charge in [0, 0.05) is 19.3 Å². The number of likely N-dealkylation sites (N-methyl/N-ethyl adjacent to an activating group) is 1. The zero-order chi connectivity index (χ0) is 29.1. The van der Waals surface area contributed by atoms with E-state index in [4.69, 9.17) is 5.41 Å². The van der Waals surface area contributed by atoms with Gasteiger partial charge in [-0.15, -0.1) is 6.58 Å². The van der Waals surface area contributed by atoms with Crippen LogP contribution in [-0.4, -0.2) is 49.7 Å². The summed E-state index contributed by atoms with van der Waals surface area (Å²) in [4.78, 5) is 12.2. The third-order valence-electron chi connectivity index (χ3n) is 7.00. The maximum absolute atomic E-state index is 10.1. The number of aldehydes is 1. The molecule has 0 heterocycles. The van der Waals surface area contributed by atoms with E-state index in [9.17, 15) is 9.90 Å². The number of unbranched alkanes of at least 4 members (excludes halogenated alkanes) is 4.